The molecule has 0 saturated carbocycles. The Hall–Kier alpha value is -1.06. The van der Waals surface area contributed by atoms with E-state index in [1.165, 1.54) is 12.0 Å². The Morgan fingerprint density at radius 3 is 2.84 bits per heavy atom. The van der Waals surface area contributed by atoms with E-state index >= 15 is 0 Å². The zero-order valence-corrected chi connectivity index (χ0v) is 12.8. The first-order valence-corrected chi connectivity index (χ1v) is 7.14. The molecule has 0 bridgehead atoms. The number of nitrogens with zero attached hydrogens (tertiary/aromatic N) is 1. The van der Waals surface area contributed by atoms with Gasteiger partial charge in [-0.2, -0.15) is 0 Å². The molecule has 0 atom stereocenters. The van der Waals surface area contributed by atoms with Crippen molar-refractivity contribution in [3.63, 3.8) is 0 Å². The van der Waals surface area contributed by atoms with Gasteiger partial charge in [0, 0.05) is 18.2 Å². The molecular weight excluding hydrogens is 236 g/mol. The number of hydrogen-bond acceptors (Lipinski definition) is 3. The Kier molecular flexibility index (Phi) is 6.89. The summed E-state index contributed by atoms with van der Waals surface area (Å²) < 4.78 is 5.79. The highest BCUT2D eigenvalue weighted by Crippen LogP contribution is 2.16. The molecule has 0 aliphatic rings. The van der Waals surface area contributed by atoms with Gasteiger partial charge < -0.3 is 14.6 Å². The SMILES string of the molecule is C=CCCCN(C)Cc1cc(CNC(C)C)oc1C. The van der Waals surface area contributed by atoms with Gasteiger partial charge in [0.1, 0.15) is 11.5 Å². The van der Waals surface area contributed by atoms with Crippen LogP contribution in [0.5, 0.6) is 0 Å². The predicted octanol–water partition coefficient (Wildman–Crippen LogP) is 3.48. The molecule has 0 spiro atoms. The van der Waals surface area contributed by atoms with Crippen LogP contribution in [0.25, 0.3) is 0 Å². The molecule has 0 radical (unpaired) electrons. The fraction of sp³-hybridized carbons (Fsp3) is 0.625. The van der Waals surface area contributed by atoms with Gasteiger partial charge in [-0.1, -0.05) is 19.9 Å². The highest BCUT2D eigenvalue weighted by Gasteiger charge is 2.09. The van der Waals surface area contributed by atoms with Gasteiger partial charge in [-0.25, -0.2) is 0 Å². The van der Waals surface area contributed by atoms with Crippen LogP contribution in [0, 0.1) is 6.92 Å². The van der Waals surface area contributed by atoms with E-state index in [-0.39, 0.29) is 0 Å². The van der Waals surface area contributed by atoms with Gasteiger partial charge in [-0.05, 0) is 39.4 Å². The highest BCUT2D eigenvalue weighted by atomic mass is 16.3. The van der Waals surface area contributed by atoms with Crippen molar-refractivity contribution in [3.05, 3.63) is 35.8 Å². The second kappa shape index (κ2) is 8.18. The molecular formula is C16H28N2O. The average molecular weight is 264 g/mol. The second-order valence-corrected chi connectivity index (χ2v) is 5.50. The maximum Gasteiger partial charge on any atom is 0.118 e. The monoisotopic (exact) mass is 264 g/mol. The summed E-state index contributed by atoms with van der Waals surface area (Å²) in [6.45, 7) is 12.9. The fourth-order valence-corrected chi connectivity index (χ4v) is 2.01. The number of unbranched alkanes of at least 4 members (excludes halogenated alkanes) is 1. The summed E-state index contributed by atoms with van der Waals surface area (Å²) in [5.74, 6) is 2.07. The van der Waals surface area contributed by atoms with Crippen molar-refractivity contribution in [2.24, 2.45) is 0 Å². The Morgan fingerprint density at radius 2 is 2.21 bits per heavy atom. The summed E-state index contributed by atoms with van der Waals surface area (Å²) in [6.07, 6.45) is 4.23. The van der Waals surface area contributed by atoms with Crippen LogP contribution in [0.3, 0.4) is 0 Å². The Bertz CT molecular complexity index is 382. The Labute approximate surface area is 117 Å². The van der Waals surface area contributed by atoms with Crippen molar-refractivity contribution >= 4 is 0 Å². The maximum absolute atomic E-state index is 5.79. The average Bonchev–Trinajstić information content (AvgIpc) is 2.68. The van der Waals surface area contributed by atoms with Crippen LogP contribution in [0.1, 0.15) is 43.8 Å². The number of aryl methyl sites for hydroxylation is 1. The van der Waals surface area contributed by atoms with Gasteiger partial charge in [0.25, 0.3) is 0 Å². The van der Waals surface area contributed by atoms with Gasteiger partial charge in [0.05, 0.1) is 6.54 Å². The first-order chi connectivity index (χ1) is 9.02. The summed E-state index contributed by atoms with van der Waals surface area (Å²) in [7, 11) is 2.15. The molecule has 1 N–H and O–H groups in total. The molecule has 0 saturated heterocycles. The van der Waals surface area contributed by atoms with E-state index in [0.717, 1.165) is 37.6 Å². The number of rotatable bonds is 9. The van der Waals surface area contributed by atoms with Crippen LogP contribution in [-0.2, 0) is 13.1 Å². The van der Waals surface area contributed by atoms with Gasteiger partial charge >= 0.3 is 0 Å². The minimum absolute atomic E-state index is 0.482. The van der Waals surface area contributed by atoms with Gasteiger partial charge in [-0.15, -0.1) is 6.58 Å². The van der Waals surface area contributed by atoms with Crippen LogP contribution in [0.4, 0.5) is 0 Å². The quantitative estimate of drug-likeness (QED) is 0.547. The second-order valence-electron chi connectivity index (χ2n) is 5.50. The third-order valence-corrected chi connectivity index (χ3v) is 3.14. The van der Waals surface area contributed by atoms with E-state index < -0.39 is 0 Å². The molecule has 0 amide bonds. The normalized spacial score (nSPS) is 11.5. The summed E-state index contributed by atoms with van der Waals surface area (Å²) in [6, 6.07) is 2.66. The molecule has 3 nitrogen and oxygen atoms in total. The standard InChI is InChI=1S/C16H28N2O/c1-6-7-8-9-18(5)12-15-10-16(19-14(15)4)11-17-13(2)3/h6,10,13,17H,1,7-9,11-12H2,2-5H3. The lowest BCUT2D eigenvalue weighted by atomic mass is 10.2. The van der Waals surface area contributed by atoms with E-state index in [9.17, 15) is 0 Å². The van der Waals surface area contributed by atoms with E-state index in [2.05, 4.69) is 43.8 Å². The lowest BCUT2D eigenvalue weighted by Gasteiger charge is -2.15. The molecule has 0 aliphatic heterocycles. The topological polar surface area (TPSA) is 28.4 Å². The van der Waals surface area contributed by atoms with Crippen molar-refractivity contribution in [1.29, 1.82) is 0 Å². The Morgan fingerprint density at radius 1 is 1.47 bits per heavy atom. The molecule has 0 fully saturated rings. The predicted molar refractivity (Wildman–Crippen MR) is 81.2 cm³/mol. The van der Waals surface area contributed by atoms with E-state index in [1.54, 1.807) is 0 Å². The lowest BCUT2D eigenvalue weighted by Crippen LogP contribution is -2.21. The molecule has 19 heavy (non-hydrogen) atoms. The van der Waals surface area contributed by atoms with Crippen molar-refractivity contribution in [2.45, 2.75) is 52.7 Å². The fourth-order valence-electron chi connectivity index (χ4n) is 2.01. The summed E-state index contributed by atoms with van der Waals surface area (Å²) >= 11 is 0. The molecule has 3 heteroatoms. The maximum atomic E-state index is 5.79. The van der Waals surface area contributed by atoms with Crippen LogP contribution < -0.4 is 5.32 Å². The smallest absolute Gasteiger partial charge is 0.118 e. The van der Waals surface area contributed by atoms with E-state index in [1.807, 2.05) is 13.0 Å². The van der Waals surface area contributed by atoms with Gasteiger partial charge in [-0.3, -0.25) is 0 Å². The Balaban J connectivity index is 2.46. The largest absolute Gasteiger partial charge is 0.465 e. The highest BCUT2D eigenvalue weighted by molar-refractivity contribution is 5.20. The third kappa shape index (κ3) is 6.08. The summed E-state index contributed by atoms with van der Waals surface area (Å²) in [5.41, 5.74) is 1.29. The van der Waals surface area contributed by atoms with Crippen LogP contribution in [0.2, 0.25) is 0 Å². The van der Waals surface area contributed by atoms with Crippen molar-refractivity contribution in [1.82, 2.24) is 10.2 Å². The molecule has 0 aromatic carbocycles. The first kappa shape index (κ1) is 16.0. The molecule has 1 aromatic heterocycles. The van der Waals surface area contributed by atoms with Crippen LogP contribution in [-0.4, -0.2) is 24.5 Å². The summed E-state index contributed by atoms with van der Waals surface area (Å²) in [4.78, 5) is 2.33. The minimum atomic E-state index is 0.482. The molecule has 1 rings (SSSR count). The first-order valence-electron chi connectivity index (χ1n) is 7.14. The molecule has 0 aliphatic carbocycles. The number of allylic oxidation sites excluding steroid dienone is 1. The molecule has 1 heterocycles. The number of nitrogens with one attached hydrogen (secondary N) is 1. The van der Waals surface area contributed by atoms with Gasteiger partial charge in [0.15, 0.2) is 0 Å². The number of hydrogen-bond donors (Lipinski definition) is 1. The zero-order valence-electron chi connectivity index (χ0n) is 12.8. The van der Waals surface area contributed by atoms with Crippen molar-refractivity contribution < 1.29 is 4.42 Å². The van der Waals surface area contributed by atoms with Gasteiger partial charge in [0.2, 0.25) is 0 Å². The zero-order chi connectivity index (χ0) is 14.3. The van der Waals surface area contributed by atoms with Crippen LogP contribution >= 0.6 is 0 Å². The lowest BCUT2D eigenvalue weighted by molar-refractivity contribution is 0.320. The van der Waals surface area contributed by atoms with E-state index in [0.29, 0.717) is 6.04 Å². The third-order valence-electron chi connectivity index (χ3n) is 3.14. The molecule has 108 valence electrons. The summed E-state index contributed by atoms with van der Waals surface area (Å²) in [5, 5.41) is 3.38. The van der Waals surface area contributed by atoms with E-state index in [4.69, 9.17) is 4.42 Å². The molecule has 1 aromatic rings. The number of furan rings is 1. The van der Waals surface area contributed by atoms with Crippen molar-refractivity contribution in [3.8, 4) is 0 Å². The van der Waals surface area contributed by atoms with Crippen molar-refractivity contribution in [2.75, 3.05) is 13.6 Å². The molecule has 0 unspecified atom stereocenters. The minimum Gasteiger partial charge on any atom is -0.465 e. The van der Waals surface area contributed by atoms with Crippen LogP contribution in [0.15, 0.2) is 23.1 Å².